The molecule has 0 spiro atoms. The van der Waals surface area contributed by atoms with Crippen LogP contribution < -0.4 is 10.5 Å². The molecule has 148 valence electrons. The predicted molar refractivity (Wildman–Crippen MR) is 106 cm³/mol. The summed E-state index contributed by atoms with van der Waals surface area (Å²) in [6.45, 7) is 2.25. The zero-order valence-corrected chi connectivity index (χ0v) is 16.7. The van der Waals surface area contributed by atoms with Crippen molar-refractivity contribution in [1.29, 1.82) is 0 Å². The number of nitrogens with one attached hydrogen (secondary N) is 1. The van der Waals surface area contributed by atoms with Crippen LogP contribution in [0.2, 0.25) is 0 Å². The molecular formula is C18H23ClFN3O3S. The number of benzene rings is 2. The van der Waals surface area contributed by atoms with E-state index in [1.807, 2.05) is 6.92 Å². The molecule has 27 heavy (non-hydrogen) atoms. The molecule has 0 aromatic heterocycles. The van der Waals surface area contributed by atoms with E-state index >= 15 is 0 Å². The highest BCUT2D eigenvalue weighted by atomic mass is 35.5. The third-order valence-corrected chi connectivity index (χ3v) is 5.48. The second-order valence-corrected chi connectivity index (χ2v) is 7.70. The van der Waals surface area contributed by atoms with Gasteiger partial charge in [-0.1, -0.05) is 12.1 Å². The lowest BCUT2D eigenvalue weighted by Crippen LogP contribution is -2.40. The lowest BCUT2D eigenvalue weighted by Gasteiger charge is -2.23. The number of hydrogen-bond donors (Lipinski definition) is 2. The van der Waals surface area contributed by atoms with Crippen LogP contribution in [0.15, 0.2) is 53.4 Å². The Kier molecular flexibility index (Phi) is 8.20. The number of carbonyl (C=O) groups excluding carboxylic acids is 1. The molecule has 0 fully saturated rings. The first-order valence-corrected chi connectivity index (χ1v) is 9.54. The Morgan fingerprint density at radius 3 is 2.22 bits per heavy atom. The van der Waals surface area contributed by atoms with Crippen molar-refractivity contribution in [2.24, 2.45) is 5.73 Å². The summed E-state index contributed by atoms with van der Waals surface area (Å²) < 4.78 is 39.9. The normalized spacial score (nSPS) is 12.0. The summed E-state index contributed by atoms with van der Waals surface area (Å²) in [6, 6.07) is 11.0. The van der Waals surface area contributed by atoms with E-state index in [0.29, 0.717) is 12.2 Å². The summed E-state index contributed by atoms with van der Waals surface area (Å²) in [5.41, 5.74) is 6.67. The fraction of sp³-hybridized carbons (Fsp3) is 0.278. The Balaban J connectivity index is 0.00000364. The van der Waals surface area contributed by atoms with Gasteiger partial charge in [0, 0.05) is 25.3 Å². The van der Waals surface area contributed by atoms with Crippen molar-refractivity contribution in [3.63, 3.8) is 0 Å². The molecule has 9 heteroatoms. The minimum atomic E-state index is -3.80. The second-order valence-electron chi connectivity index (χ2n) is 6.02. The van der Waals surface area contributed by atoms with Crippen LogP contribution in [0.4, 0.5) is 10.1 Å². The largest absolute Gasteiger partial charge is 0.341 e. The van der Waals surface area contributed by atoms with Gasteiger partial charge in [-0.2, -0.15) is 0 Å². The van der Waals surface area contributed by atoms with Gasteiger partial charge >= 0.3 is 0 Å². The molecule has 2 rings (SSSR count). The van der Waals surface area contributed by atoms with Gasteiger partial charge in [-0.25, -0.2) is 12.8 Å². The number of nitrogens with two attached hydrogens (primary N) is 1. The van der Waals surface area contributed by atoms with Gasteiger partial charge in [0.15, 0.2) is 0 Å². The van der Waals surface area contributed by atoms with Crippen molar-refractivity contribution in [2.45, 2.75) is 24.3 Å². The highest BCUT2D eigenvalue weighted by molar-refractivity contribution is 7.92. The Bertz CT molecular complexity index is 858. The van der Waals surface area contributed by atoms with Crippen molar-refractivity contribution in [3.8, 4) is 0 Å². The number of carbonyl (C=O) groups is 1. The number of anilines is 1. The van der Waals surface area contributed by atoms with Gasteiger partial charge in [-0.05, 0) is 48.9 Å². The molecule has 3 N–H and O–H groups in total. The van der Waals surface area contributed by atoms with Crippen LogP contribution in [0.25, 0.3) is 0 Å². The molecule has 0 saturated carbocycles. The molecule has 6 nitrogen and oxygen atoms in total. The van der Waals surface area contributed by atoms with E-state index in [4.69, 9.17) is 5.73 Å². The van der Waals surface area contributed by atoms with Gasteiger partial charge in [0.05, 0.1) is 11.3 Å². The maximum atomic E-state index is 12.9. The summed E-state index contributed by atoms with van der Waals surface area (Å²) in [7, 11) is -2.10. The quantitative estimate of drug-likeness (QED) is 0.726. The number of hydrogen-bond acceptors (Lipinski definition) is 4. The number of halogens is 2. The van der Waals surface area contributed by atoms with Gasteiger partial charge in [0.1, 0.15) is 5.82 Å². The third kappa shape index (κ3) is 6.20. The predicted octanol–water partition coefficient (Wildman–Crippen LogP) is 2.40. The first-order chi connectivity index (χ1) is 12.2. The van der Waals surface area contributed by atoms with E-state index in [1.54, 1.807) is 36.2 Å². The fourth-order valence-corrected chi connectivity index (χ4v) is 3.28. The van der Waals surface area contributed by atoms with E-state index in [-0.39, 0.29) is 35.7 Å². The van der Waals surface area contributed by atoms with Crippen LogP contribution in [-0.4, -0.2) is 38.9 Å². The van der Waals surface area contributed by atoms with Crippen LogP contribution in [0, 0.1) is 5.82 Å². The van der Waals surface area contributed by atoms with Crippen LogP contribution in [-0.2, 0) is 21.2 Å². The molecule has 0 saturated heterocycles. The Morgan fingerprint density at radius 2 is 1.70 bits per heavy atom. The van der Waals surface area contributed by atoms with Crippen LogP contribution in [0.3, 0.4) is 0 Å². The van der Waals surface area contributed by atoms with Crippen molar-refractivity contribution in [1.82, 2.24) is 4.90 Å². The van der Waals surface area contributed by atoms with Crippen LogP contribution in [0.5, 0.6) is 0 Å². The van der Waals surface area contributed by atoms with Gasteiger partial charge < -0.3 is 10.6 Å². The van der Waals surface area contributed by atoms with Crippen molar-refractivity contribution in [2.75, 3.05) is 18.3 Å². The first kappa shape index (κ1) is 22.9. The van der Waals surface area contributed by atoms with E-state index in [2.05, 4.69) is 4.72 Å². The van der Waals surface area contributed by atoms with E-state index in [1.165, 1.54) is 12.1 Å². The minimum absolute atomic E-state index is 0. The van der Waals surface area contributed by atoms with E-state index in [0.717, 1.165) is 17.7 Å². The number of sulfonamides is 1. The molecule has 2 aromatic rings. The Labute approximate surface area is 165 Å². The Hall–Kier alpha value is -2.16. The van der Waals surface area contributed by atoms with Gasteiger partial charge in [-0.3, -0.25) is 9.52 Å². The van der Waals surface area contributed by atoms with Gasteiger partial charge in [0.2, 0.25) is 5.91 Å². The number of amides is 1. The summed E-state index contributed by atoms with van der Waals surface area (Å²) in [6.07, 6.45) is 0.200. The maximum Gasteiger partial charge on any atom is 0.261 e. The average molecular weight is 416 g/mol. The standard InChI is InChI=1S/C18H22FN3O3S.ClH/c1-13(12-20)22(2)18(23)11-14-3-7-16(8-4-14)21-26(24,25)17-9-5-15(19)6-10-17;/h3-10,13,21H,11-12,20H2,1-2H3;1H. The van der Waals surface area contributed by atoms with Gasteiger partial charge in [-0.15, -0.1) is 12.4 Å². The zero-order valence-electron chi connectivity index (χ0n) is 15.1. The van der Waals surface area contributed by atoms with E-state index in [9.17, 15) is 17.6 Å². The SMILES string of the molecule is CC(CN)N(C)C(=O)Cc1ccc(NS(=O)(=O)c2ccc(F)cc2)cc1.Cl. The van der Waals surface area contributed by atoms with Crippen molar-refractivity contribution >= 4 is 34.0 Å². The molecule has 0 bridgehead atoms. The summed E-state index contributed by atoms with van der Waals surface area (Å²) in [4.78, 5) is 13.7. The summed E-state index contributed by atoms with van der Waals surface area (Å²) >= 11 is 0. The van der Waals surface area contributed by atoms with Crippen LogP contribution in [0.1, 0.15) is 12.5 Å². The molecule has 0 aliphatic heterocycles. The second kappa shape index (κ2) is 9.68. The molecule has 0 heterocycles. The summed E-state index contributed by atoms with van der Waals surface area (Å²) in [5.74, 6) is -0.575. The molecular weight excluding hydrogens is 393 g/mol. The zero-order chi connectivity index (χ0) is 19.3. The van der Waals surface area contributed by atoms with Crippen LogP contribution >= 0.6 is 12.4 Å². The lowest BCUT2D eigenvalue weighted by molar-refractivity contribution is -0.130. The Morgan fingerprint density at radius 1 is 1.15 bits per heavy atom. The lowest BCUT2D eigenvalue weighted by atomic mass is 10.1. The topological polar surface area (TPSA) is 92.5 Å². The maximum absolute atomic E-state index is 12.9. The smallest absolute Gasteiger partial charge is 0.261 e. The number of nitrogens with zero attached hydrogens (tertiary/aromatic N) is 1. The molecule has 1 atom stereocenters. The minimum Gasteiger partial charge on any atom is -0.341 e. The molecule has 0 radical (unpaired) electrons. The molecule has 1 amide bonds. The monoisotopic (exact) mass is 415 g/mol. The molecule has 0 aliphatic carbocycles. The third-order valence-electron chi connectivity index (χ3n) is 4.08. The molecule has 2 aromatic carbocycles. The fourth-order valence-electron chi connectivity index (χ4n) is 2.22. The highest BCUT2D eigenvalue weighted by Crippen LogP contribution is 2.17. The van der Waals surface area contributed by atoms with Crippen molar-refractivity contribution in [3.05, 3.63) is 59.9 Å². The van der Waals surface area contributed by atoms with Crippen molar-refractivity contribution < 1.29 is 17.6 Å². The first-order valence-electron chi connectivity index (χ1n) is 8.06. The van der Waals surface area contributed by atoms with Gasteiger partial charge in [0.25, 0.3) is 10.0 Å². The summed E-state index contributed by atoms with van der Waals surface area (Å²) in [5, 5.41) is 0. The number of likely N-dealkylation sites (N-methyl/N-ethyl adjacent to an activating group) is 1. The van der Waals surface area contributed by atoms with E-state index < -0.39 is 15.8 Å². The average Bonchev–Trinajstić information content (AvgIpc) is 2.62. The molecule has 0 aliphatic rings. The molecule has 1 unspecified atom stereocenters. The number of rotatable bonds is 7. The highest BCUT2D eigenvalue weighted by Gasteiger charge is 2.16.